The van der Waals surface area contributed by atoms with Crippen LogP contribution >= 0.6 is 15.9 Å². The lowest BCUT2D eigenvalue weighted by Gasteiger charge is -2.24. The van der Waals surface area contributed by atoms with Gasteiger partial charge in [0.15, 0.2) is 11.4 Å². The Kier molecular flexibility index (Phi) is 10.4. The summed E-state index contributed by atoms with van der Waals surface area (Å²) in [4.78, 5) is 69.1. The zero-order valence-electron chi connectivity index (χ0n) is 31.6. The van der Waals surface area contributed by atoms with Crippen LogP contribution in [0, 0.1) is 18.8 Å². The number of aromatic amines is 1. The zero-order chi connectivity index (χ0) is 39.1. The molecule has 5 aromatic rings. The fraction of sp³-hybridized carbons (Fsp3) is 0.390. The molecule has 3 aliphatic heterocycles. The molecule has 6 heterocycles. The van der Waals surface area contributed by atoms with Crippen molar-refractivity contribution in [2.75, 3.05) is 44.7 Å². The smallest absolute Gasteiger partial charge is 0.253 e. The molecular formula is C41H44BrN9O5. The molecule has 3 saturated heterocycles. The Morgan fingerprint density at radius 2 is 1.77 bits per heavy atom. The number of halogens is 1. The van der Waals surface area contributed by atoms with Gasteiger partial charge in [0.25, 0.3) is 5.91 Å². The Balaban J connectivity index is 0.814. The van der Waals surface area contributed by atoms with Crippen LogP contribution in [0.15, 0.2) is 65.4 Å². The first-order valence-electron chi connectivity index (χ1n) is 19.0. The Labute approximate surface area is 332 Å². The number of benzene rings is 2. The molecule has 56 heavy (non-hydrogen) atoms. The van der Waals surface area contributed by atoms with Crippen LogP contribution in [-0.2, 0) is 21.4 Å². The second kappa shape index (κ2) is 15.5. The molecule has 15 heteroatoms. The van der Waals surface area contributed by atoms with E-state index in [1.165, 1.54) is 0 Å². The van der Waals surface area contributed by atoms with Gasteiger partial charge in [-0.05, 0) is 95.9 Å². The number of likely N-dealkylation sites (tertiary alicyclic amines) is 1. The van der Waals surface area contributed by atoms with Gasteiger partial charge in [-0.25, -0.2) is 9.97 Å². The minimum Gasteiger partial charge on any atom is -0.454 e. The summed E-state index contributed by atoms with van der Waals surface area (Å²) in [6, 6.07) is 15.2. The first kappa shape index (κ1) is 37.4. The highest BCUT2D eigenvalue weighted by Crippen LogP contribution is 2.37. The van der Waals surface area contributed by atoms with Gasteiger partial charge in [-0.15, -0.1) is 0 Å². The molecule has 3 aliphatic rings. The summed E-state index contributed by atoms with van der Waals surface area (Å²) < 4.78 is 8.69. The third-order valence-corrected chi connectivity index (χ3v) is 11.8. The lowest BCUT2D eigenvalue weighted by atomic mass is 9.90. The van der Waals surface area contributed by atoms with Gasteiger partial charge in [-0.2, -0.15) is 5.10 Å². The number of fused-ring (bicyclic) bond motifs is 1. The van der Waals surface area contributed by atoms with E-state index < -0.39 is 0 Å². The SMILES string of the molecule is Cc1nn(C)cc1-c1nc2ncc(Br)c(Oc3ccc(C(=O)N4CC[C@H](CC(=O)N(C)CC5CCN(c6ccc([C@@H]7CCC(=O)NC7=O)cc6)C5)C4)cc3)c2[nH]1. The number of H-pyrrole nitrogens is 1. The van der Waals surface area contributed by atoms with Gasteiger partial charge >= 0.3 is 0 Å². The van der Waals surface area contributed by atoms with Gasteiger partial charge in [0.2, 0.25) is 17.7 Å². The molecule has 8 rings (SSSR count). The lowest BCUT2D eigenvalue weighted by molar-refractivity contribution is -0.134. The number of piperidine rings is 1. The number of nitrogens with zero attached hydrogens (tertiary/aromatic N) is 7. The molecule has 0 saturated carbocycles. The largest absolute Gasteiger partial charge is 0.454 e. The lowest BCUT2D eigenvalue weighted by Crippen LogP contribution is -2.39. The van der Waals surface area contributed by atoms with Crippen molar-refractivity contribution in [3.05, 3.63) is 82.2 Å². The van der Waals surface area contributed by atoms with Crippen LogP contribution < -0.4 is 15.0 Å². The normalized spacial score (nSPS) is 19.8. The zero-order valence-corrected chi connectivity index (χ0v) is 33.2. The van der Waals surface area contributed by atoms with Crippen molar-refractivity contribution < 1.29 is 23.9 Å². The number of rotatable bonds is 10. The minimum atomic E-state index is -0.292. The van der Waals surface area contributed by atoms with Gasteiger partial charge in [0, 0.05) is 83.3 Å². The Bertz CT molecular complexity index is 2300. The maximum atomic E-state index is 13.5. The van der Waals surface area contributed by atoms with Crippen LogP contribution in [0.1, 0.15) is 59.6 Å². The molecule has 1 unspecified atom stereocenters. The number of ether oxygens (including phenoxy) is 1. The fourth-order valence-corrected chi connectivity index (χ4v) is 8.54. The molecule has 4 amide bonds. The number of carbonyl (C=O) groups is 4. The highest BCUT2D eigenvalue weighted by Gasteiger charge is 2.32. The van der Waals surface area contributed by atoms with Crippen molar-refractivity contribution in [1.82, 2.24) is 39.8 Å². The molecule has 14 nitrogen and oxygen atoms in total. The van der Waals surface area contributed by atoms with Crippen molar-refractivity contribution in [2.45, 2.75) is 44.9 Å². The van der Waals surface area contributed by atoms with Crippen LogP contribution in [0.4, 0.5) is 5.69 Å². The van der Waals surface area contributed by atoms with E-state index in [2.05, 4.69) is 46.2 Å². The fourth-order valence-electron chi connectivity index (χ4n) is 8.16. The van der Waals surface area contributed by atoms with E-state index in [1.54, 1.807) is 35.1 Å². The second-order valence-corrected chi connectivity index (χ2v) is 16.1. The van der Waals surface area contributed by atoms with E-state index in [1.807, 2.05) is 61.3 Å². The third-order valence-electron chi connectivity index (χ3n) is 11.2. The molecule has 2 N–H and O–H groups in total. The monoisotopic (exact) mass is 821 g/mol. The van der Waals surface area contributed by atoms with Crippen molar-refractivity contribution in [3.8, 4) is 22.9 Å². The van der Waals surface area contributed by atoms with Gasteiger partial charge < -0.3 is 24.4 Å². The van der Waals surface area contributed by atoms with Crippen LogP contribution in [0.25, 0.3) is 22.6 Å². The van der Waals surface area contributed by atoms with Gasteiger partial charge in [-0.1, -0.05) is 12.1 Å². The number of pyridine rings is 1. The number of amides is 4. The third kappa shape index (κ3) is 7.77. The molecular weight excluding hydrogens is 778 g/mol. The highest BCUT2D eigenvalue weighted by molar-refractivity contribution is 9.10. The summed E-state index contributed by atoms with van der Waals surface area (Å²) in [5, 5.41) is 6.85. The van der Waals surface area contributed by atoms with Crippen LogP contribution in [0.3, 0.4) is 0 Å². The standard InChI is InChI=1S/C41H44BrN9O5/c1-24-32(23-49(3)47-24)38-45-36-37(33(42)19-43-39(36)46-38)56-30-10-6-28(7-11-30)41(55)51-17-14-25(21-51)18-35(53)48(2)20-26-15-16-50(22-26)29-8-4-27(5-9-29)31-12-13-34(52)44-40(31)54/h4-11,19,23,25-26,31H,12-18,20-22H2,1-3H3,(H,43,45,46)(H,44,52,54)/t25-,26?,31+/m1/s1. The Morgan fingerprint density at radius 1 is 1.00 bits per heavy atom. The van der Waals surface area contributed by atoms with Crippen molar-refractivity contribution >= 4 is 56.4 Å². The van der Waals surface area contributed by atoms with E-state index in [9.17, 15) is 19.2 Å². The number of carbonyl (C=O) groups excluding carboxylic acids is 4. The molecule has 290 valence electrons. The van der Waals surface area contributed by atoms with Crippen LogP contribution in [-0.4, -0.2) is 97.9 Å². The minimum absolute atomic E-state index is 0.0615. The molecule has 0 bridgehead atoms. The Morgan fingerprint density at radius 3 is 2.50 bits per heavy atom. The maximum Gasteiger partial charge on any atom is 0.253 e. The van der Waals surface area contributed by atoms with Crippen molar-refractivity contribution in [2.24, 2.45) is 18.9 Å². The first-order chi connectivity index (χ1) is 27.0. The predicted molar refractivity (Wildman–Crippen MR) is 213 cm³/mol. The van der Waals surface area contributed by atoms with E-state index in [4.69, 9.17) is 4.74 Å². The molecule has 3 atom stereocenters. The van der Waals surface area contributed by atoms with Gasteiger partial charge in [-0.3, -0.25) is 29.2 Å². The van der Waals surface area contributed by atoms with E-state index in [0.29, 0.717) is 83.3 Å². The average molecular weight is 823 g/mol. The number of aromatic nitrogens is 5. The number of imidazole rings is 1. The van der Waals surface area contributed by atoms with Crippen LogP contribution in [0.2, 0.25) is 0 Å². The summed E-state index contributed by atoms with van der Waals surface area (Å²) in [6.45, 7) is 5.52. The van der Waals surface area contributed by atoms with E-state index in [-0.39, 0.29) is 35.5 Å². The molecule has 3 aromatic heterocycles. The maximum absolute atomic E-state index is 13.5. The Hall–Kier alpha value is -5.57. The number of aryl methyl sites for hydroxylation is 2. The van der Waals surface area contributed by atoms with Crippen molar-refractivity contribution in [3.63, 3.8) is 0 Å². The number of anilines is 1. The van der Waals surface area contributed by atoms with E-state index in [0.717, 1.165) is 48.4 Å². The number of hydrogen-bond donors (Lipinski definition) is 2. The molecule has 2 aromatic carbocycles. The van der Waals surface area contributed by atoms with Crippen LogP contribution in [0.5, 0.6) is 11.5 Å². The van der Waals surface area contributed by atoms with Crippen molar-refractivity contribution in [1.29, 1.82) is 0 Å². The summed E-state index contributed by atoms with van der Waals surface area (Å²) >= 11 is 3.56. The molecule has 0 aliphatic carbocycles. The highest BCUT2D eigenvalue weighted by atomic mass is 79.9. The summed E-state index contributed by atoms with van der Waals surface area (Å²) in [6.07, 6.45) is 6.64. The number of nitrogens with one attached hydrogen (secondary N) is 2. The average Bonchev–Trinajstić information content (AvgIpc) is 4.00. The molecule has 0 spiro atoms. The topological polar surface area (TPSA) is 159 Å². The summed E-state index contributed by atoms with van der Waals surface area (Å²) in [5.41, 5.74) is 5.46. The number of hydrogen-bond acceptors (Lipinski definition) is 9. The molecule has 0 radical (unpaired) electrons. The van der Waals surface area contributed by atoms with Gasteiger partial charge in [0.1, 0.15) is 17.1 Å². The summed E-state index contributed by atoms with van der Waals surface area (Å²) in [5.74, 6) is 1.53. The molecule has 3 fully saturated rings. The summed E-state index contributed by atoms with van der Waals surface area (Å²) in [7, 11) is 3.74. The first-order valence-corrected chi connectivity index (χ1v) is 19.8. The second-order valence-electron chi connectivity index (χ2n) is 15.2. The van der Waals surface area contributed by atoms with Gasteiger partial charge in [0.05, 0.1) is 21.6 Å². The number of imide groups is 1. The quantitative estimate of drug-likeness (QED) is 0.172. The predicted octanol–water partition coefficient (Wildman–Crippen LogP) is 5.58. The van der Waals surface area contributed by atoms with E-state index >= 15 is 0 Å².